The summed E-state index contributed by atoms with van der Waals surface area (Å²) in [5.74, 6) is -0.151. The van der Waals surface area contributed by atoms with E-state index in [0.29, 0.717) is 38.0 Å². The second-order valence-corrected chi connectivity index (χ2v) is 8.35. The molecule has 0 radical (unpaired) electrons. The Hall–Kier alpha value is -2.61. The zero-order valence-corrected chi connectivity index (χ0v) is 17.1. The molecule has 0 saturated carbocycles. The monoisotopic (exact) mass is 399 g/mol. The molecule has 156 valence electrons. The maximum atomic E-state index is 13.0. The number of anilines is 1. The summed E-state index contributed by atoms with van der Waals surface area (Å²) in [6.45, 7) is 5.34. The van der Waals surface area contributed by atoms with Crippen molar-refractivity contribution >= 4 is 23.4 Å². The summed E-state index contributed by atoms with van der Waals surface area (Å²) < 4.78 is 0. The molecule has 3 aliphatic heterocycles. The molecule has 2 unspecified atom stereocenters. The van der Waals surface area contributed by atoms with E-state index in [4.69, 9.17) is 0 Å². The summed E-state index contributed by atoms with van der Waals surface area (Å²) in [5.41, 5.74) is 0.745. The fourth-order valence-corrected chi connectivity index (χ4v) is 4.47. The van der Waals surface area contributed by atoms with Gasteiger partial charge in [-0.2, -0.15) is 0 Å². The standard InChI is InChI=1S/C21H29N5O3/c1-15(20(29)25-13-11-24(2)12-14-25)26-10-9-21(8-7-18(26)27)22-17-6-4-3-5-16(17)19(28)23-21/h3-6,15,22H,7-14H2,1-2H3,(H,23,28). The first-order valence-corrected chi connectivity index (χ1v) is 10.4. The van der Waals surface area contributed by atoms with Crippen LogP contribution < -0.4 is 10.6 Å². The van der Waals surface area contributed by atoms with Crippen LogP contribution in [0.15, 0.2) is 24.3 Å². The normalized spacial score (nSPS) is 26.4. The van der Waals surface area contributed by atoms with Crippen molar-refractivity contribution in [3.63, 3.8) is 0 Å². The maximum Gasteiger partial charge on any atom is 0.255 e. The molecule has 2 atom stereocenters. The molecule has 2 fully saturated rings. The number of carbonyl (C=O) groups is 3. The molecule has 3 amide bonds. The number of fused-ring (bicyclic) bond motifs is 1. The van der Waals surface area contributed by atoms with Crippen molar-refractivity contribution < 1.29 is 14.4 Å². The number of hydrogen-bond donors (Lipinski definition) is 2. The summed E-state index contributed by atoms with van der Waals surface area (Å²) in [5, 5.41) is 6.52. The highest BCUT2D eigenvalue weighted by atomic mass is 16.2. The fourth-order valence-electron chi connectivity index (χ4n) is 4.47. The molecule has 1 spiro atoms. The first-order chi connectivity index (χ1) is 13.9. The first kappa shape index (κ1) is 19.7. The SMILES string of the molecule is CC(C(=O)N1CCN(C)CC1)N1CCC2(CCC1=O)NC(=O)c1ccccc1N2. The lowest BCUT2D eigenvalue weighted by Gasteiger charge is -2.40. The predicted molar refractivity (Wildman–Crippen MR) is 109 cm³/mol. The molecule has 2 saturated heterocycles. The minimum atomic E-state index is -0.660. The van der Waals surface area contributed by atoms with Gasteiger partial charge in [0, 0.05) is 51.3 Å². The third kappa shape index (κ3) is 3.81. The number of nitrogens with one attached hydrogen (secondary N) is 2. The zero-order valence-electron chi connectivity index (χ0n) is 17.1. The van der Waals surface area contributed by atoms with Crippen LogP contribution in [0.4, 0.5) is 5.69 Å². The minimum Gasteiger partial charge on any atom is -0.362 e. The largest absolute Gasteiger partial charge is 0.362 e. The van der Waals surface area contributed by atoms with E-state index in [2.05, 4.69) is 15.5 Å². The summed E-state index contributed by atoms with van der Waals surface area (Å²) in [7, 11) is 2.05. The molecule has 2 N–H and O–H groups in total. The van der Waals surface area contributed by atoms with Crippen LogP contribution in [0.25, 0.3) is 0 Å². The van der Waals surface area contributed by atoms with Crippen molar-refractivity contribution in [2.75, 3.05) is 45.1 Å². The fraction of sp³-hybridized carbons (Fsp3) is 0.571. The van der Waals surface area contributed by atoms with E-state index in [1.54, 1.807) is 11.0 Å². The lowest BCUT2D eigenvalue weighted by Crippen LogP contribution is -2.58. The van der Waals surface area contributed by atoms with Crippen molar-refractivity contribution in [2.45, 2.75) is 37.9 Å². The van der Waals surface area contributed by atoms with E-state index in [1.165, 1.54) is 0 Å². The highest BCUT2D eigenvalue weighted by molar-refractivity contribution is 6.02. The van der Waals surface area contributed by atoms with Crippen LogP contribution in [0.2, 0.25) is 0 Å². The second kappa shape index (κ2) is 7.67. The molecule has 3 heterocycles. The number of rotatable bonds is 2. The van der Waals surface area contributed by atoms with Gasteiger partial charge in [0.15, 0.2) is 0 Å². The van der Waals surface area contributed by atoms with E-state index in [-0.39, 0.29) is 24.1 Å². The average molecular weight is 399 g/mol. The summed E-state index contributed by atoms with van der Waals surface area (Å²) in [6, 6.07) is 6.91. The smallest absolute Gasteiger partial charge is 0.255 e. The highest BCUT2D eigenvalue weighted by Gasteiger charge is 2.42. The number of piperazine rings is 1. The first-order valence-electron chi connectivity index (χ1n) is 10.4. The molecule has 0 aliphatic carbocycles. The summed E-state index contributed by atoms with van der Waals surface area (Å²) in [6.07, 6.45) is 1.34. The Morgan fingerprint density at radius 2 is 1.76 bits per heavy atom. The van der Waals surface area contributed by atoms with E-state index in [0.717, 1.165) is 18.8 Å². The van der Waals surface area contributed by atoms with Crippen molar-refractivity contribution in [3.05, 3.63) is 29.8 Å². The summed E-state index contributed by atoms with van der Waals surface area (Å²) in [4.78, 5) is 44.2. The van der Waals surface area contributed by atoms with E-state index >= 15 is 0 Å². The quantitative estimate of drug-likeness (QED) is 0.765. The molecule has 8 heteroatoms. The van der Waals surface area contributed by atoms with Crippen molar-refractivity contribution in [1.29, 1.82) is 0 Å². The van der Waals surface area contributed by atoms with Crippen LogP contribution in [0.5, 0.6) is 0 Å². The van der Waals surface area contributed by atoms with Crippen LogP contribution in [0.1, 0.15) is 36.5 Å². The van der Waals surface area contributed by atoms with Gasteiger partial charge in [0.05, 0.1) is 5.56 Å². The van der Waals surface area contributed by atoms with Gasteiger partial charge in [0.1, 0.15) is 11.7 Å². The van der Waals surface area contributed by atoms with Crippen LogP contribution in [-0.2, 0) is 9.59 Å². The van der Waals surface area contributed by atoms with Gasteiger partial charge in [0.25, 0.3) is 5.91 Å². The topological polar surface area (TPSA) is 85.0 Å². The van der Waals surface area contributed by atoms with Crippen molar-refractivity contribution in [3.8, 4) is 0 Å². The van der Waals surface area contributed by atoms with Crippen LogP contribution in [0, 0.1) is 0 Å². The molecule has 0 aromatic heterocycles. The third-order valence-electron chi connectivity index (χ3n) is 6.40. The lowest BCUT2D eigenvalue weighted by molar-refractivity contribution is -0.145. The number of benzene rings is 1. The number of amides is 3. The van der Waals surface area contributed by atoms with Crippen molar-refractivity contribution in [1.82, 2.24) is 20.0 Å². The molecular weight excluding hydrogens is 370 g/mol. The van der Waals surface area contributed by atoms with Crippen molar-refractivity contribution in [2.24, 2.45) is 0 Å². The van der Waals surface area contributed by atoms with Gasteiger partial charge in [-0.05, 0) is 32.5 Å². The van der Waals surface area contributed by atoms with Crippen LogP contribution >= 0.6 is 0 Å². The molecule has 29 heavy (non-hydrogen) atoms. The Morgan fingerprint density at radius 1 is 1.03 bits per heavy atom. The van der Waals surface area contributed by atoms with Gasteiger partial charge in [0.2, 0.25) is 11.8 Å². The molecule has 3 aliphatic rings. The Balaban J connectivity index is 1.47. The number of para-hydroxylation sites is 1. The number of hydrogen-bond acceptors (Lipinski definition) is 5. The number of likely N-dealkylation sites (tertiary alicyclic amines) is 1. The second-order valence-electron chi connectivity index (χ2n) is 8.35. The highest BCUT2D eigenvalue weighted by Crippen LogP contribution is 2.32. The van der Waals surface area contributed by atoms with Gasteiger partial charge in [-0.15, -0.1) is 0 Å². The predicted octanol–water partition coefficient (Wildman–Crippen LogP) is 0.713. The Labute approximate surface area is 171 Å². The summed E-state index contributed by atoms with van der Waals surface area (Å²) >= 11 is 0. The average Bonchev–Trinajstić information content (AvgIpc) is 2.87. The number of nitrogens with zero attached hydrogens (tertiary/aromatic N) is 3. The Morgan fingerprint density at radius 3 is 2.52 bits per heavy atom. The van der Waals surface area contributed by atoms with E-state index < -0.39 is 11.7 Å². The molecule has 0 bridgehead atoms. The van der Waals surface area contributed by atoms with Gasteiger partial charge in [-0.1, -0.05) is 12.1 Å². The third-order valence-corrected chi connectivity index (χ3v) is 6.40. The van der Waals surface area contributed by atoms with Crippen LogP contribution in [-0.4, -0.2) is 83.9 Å². The van der Waals surface area contributed by atoms with Crippen LogP contribution in [0.3, 0.4) is 0 Å². The van der Waals surface area contributed by atoms with E-state index in [1.807, 2.05) is 37.1 Å². The van der Waals surface area contributed by atoms with Gasteiger partial charge in [-0.3, -0.25) is 14.4 Å². The maximum absolute atomic E-state index is 13.0. The molecule has 8 nitrogen and oxygen atoms in total. The van der Waals surface area contributed by atoms with Gasteiger partial charge in [-0.25, -0.2) is 0 Å². The molecule has 1 aromatic carbocycles. The molecule has 4 rings (SSSR count). The molecular formula is C21H29N5O3. The number of carbonyl (C=O) groups excluding carboxylic acids is 3. The van der Waals surface area contributed by atoms with Gasteiger partial charge >= 0.3 is 0 Å². The number of likely N-dealkylation sites (N-methyl/N-ethyl adjacent to an activating group) is 1. The Bertz CT molecular complexity index is 820. The lowest BCUT2D eigenvalue weighted by atomic mass is 9.95. The van der Waals surface area contributed by atoms with Gasteiger partial charge < -0.3 is 25.3 Å². The molecule has 1 aromatic rings. The zero-order chi connectivity index (χ0) is 20.6. The minimum absolute atomic E-state index is 0.00776. The Kier molecular flexibility index (Phi) is 5.21. The van der Waals surface area contributed by atoms with E-state index in [9.17, 15) is 14.4 Å².